The number of para-hydroxylation sites is 1. The molecule has 1 aromatic rings. The Bertz CT molecular complexity index is 638. The molecule has 0 aliphatic heterocycles. The highest BCUT2D eigenvalue weighted by molar-refractivity contribution is 6.30. The summed E-state index contributed by atoms with van der Waals surface area (Å²) in [6.07, 6.45) is 4.85. The predicted octanol–water partition coefficient (Wildman–Crippen LogP) is 5.05. The molecule has 1 aliphatic rings. The highest BCUT2D eigenvalue weighted by atomic mass is 35.5. The van der Waals surface area contributed by atoms with Gasteiger partial charge in [0, 0.05) is 22.7 Å². The van der Waals surface area contributed by atoms with Gasteiger partial charge in [-0.1, -0.05) is 35.4 Å². The fourth-order valence-corrected chi connectivity index (χ4v) is 2.59. The van der Waals surface area contributed by atoms with Crippen LogP contribution >= 0.6 is 11.6 Å². The Kier molecular flexibility index (Phi) is 4.46. The summed E-state index contributed by atoms with van der Waals surface area (Å²) in [6.45, 7) is 5.67. The second-order valence-electron chi connectivity index (χ2n) is 5.10. The molecule has 1 aromatic carbocycles. The van der Waals surface area contributed by atoms with E-state index in [1.807, 2.05) is 37.3 Å². The molecule has 104 valence electrons. The fraction of sp³-hybridized carbons (Fsp3) is 0.235. The van der Waals surface area contributed by atoms with E-state index in [0.29, 0.717) is 5.56 Å². The number of benzene rings is 1. The highest BCUT2D eigenvalue weighted by Gasteiger charge is 2.11. The van der Waals surface area contributed by atoms with Gasteiger partial charge in [-0.15, -0.1) is 0 Å². The molecule has 1 aliphatic carbocycles. The fourth-order valence-electron chi connectivity index (χ4n) is 2.28. The van der Waals surface area contributed by atoms with Crippen LogP contribution in [0.15, 0.2) is 58.3 Å². The molecule has 0 unspecified atom stereocenters. The summed E-state index contributed by atoms with van der Waals surface area (Å²) < 4.78 is 0. The maximum absolute atomic E-state index is 11.7. The minimum absolute atomic E-state index is 0.0356. The number of carbonyl (C=O) groups excluding carboxylic acids is 1. The predicted molar refractivity (Wildman–Crippen MR) is 85.1 cm³/mol. The second-order valence-corrected chi connectivity index (χ2v) is 5.56. The Morgan fingerprint density at radius 1 is 1.20 bits per heavy atom. The van der Waals surface area contributed by atoms with Crippen LogP contribution in [0.1, 0.15) is 37.6 Å². The maximum Gasteiger partial charge on any atom is 0.161 e. The third-order valence-electron chi connectivity index (χ3n) is 3.15. The molecule has 2 nitrogen and oxygen atoms in total. The van der Waals surface area contributed by atoms with E-state index < -0.39 is 0 Å². The molecule has 0 saturated carbocycles. The Morgan fingerprint density at radius 2 is 1.90 bits per heavy atom. The summed E-state index contributed by atoms with van der Waals surface area (Å²) in [7, 11) is 0. The van der Waals surface area contributed by atoms with Gasteiger partial charge < -0.3 is 5.32 Å². The van der Waals surface area contributed by atoms with E-state index in [1.54, 1.807) is 6.92 Å². The second kappa shape index (κ2) is 6.10. The molecule has 0 radical (unpaired) electrons. The summed E-state index contributed by atoms with van der Waals surface area (Å²) in [5.74, 6) is 0.0356. The van der Waals surface area contributed by atoms with Crippen molar-refractivity contribution in [1.82, 2.24) is 0 Å². The quantitative estimate of drug-likeness (QED) is 0.788. The normalized spacial score (nSPS) is 15.4. The molecule has 0 saturated heterocycles. The van der Waals surface area contributed by atoms with Crippen molar-refractivity contribution >= 4 is 23.1 Å². The van der Waals surface area contributed by atoms with Gasteiger partial charge in [-0.2, -0.15) is 0 Å². The van der Waals surface area contributed by atoms with Crippen LogP contribution in [0.4, 0.5) is 5.69 Å². The first-order valence-corrected chi connectivity index (χ1v) is 6.96. The first-order chi connectivity index (χ1) is 9.47. The zero-order chi connectivity index (χ0) is 14.7. The molecule has 0 amide bonds. The van der Waals surface area contributed by atoms with Crippen molar-refractivity contribution in [3.05, 3.63) is 63.9 Å². The van der Waals surface area contributed by atoms with E-state index >= 15 is 0 Å². The minimum atomic E-state index is 0.0356. The van der Waals surface area contributed by atoms with Gasteiger partial charge in [0.15, 0.2) is 5.78 Å². The van der Waals surface area contributed by atoms with Crippen molar-refractivity contribution in [2.75, 3.05) is 5.32 Å². The number of nitrogens with one attached hydrogen (secondary N) is 1. The Morgan fingerprint density at radius 3 is 2.60 bits per heavy atom. The van der Waals surface area contributed by atoms with E-state index in [9.17, 15) is 4.79 Å². The Hall–Kier alpha value is -1.80. The monoisotopic (exact) mass is 287 g/mol. The number of ketones is 1. The van der Waals surface area contributed by atoms with Gasteiger partial charge in [0.25, 0.3) is 0 Å². The Labute approximate surface area is 124 Å². The molecule has 0 aromatic heterocycles. The number of allylic oxidation sites excluding steroid dienone is 5. The van der Waals surface area contributed by atoms with E-state index in [2.05, 4.69) is 18.3 Å². The van der Waals surface area contributed by atoms with Gasteiger partial charge >= 0.3 is 0 Å². The van der Waals surface area contributed by atoms with Crippen molar-refractivity contribution in [2.24, 2.45) is 0 Å². The lowest BCUT2D eigenvalue weighted by atomic mass is 10.1. The zero-order valence-corrected chi connectivity index (χ0v) is 12.7. The third-order valence-corrected chi connectivity index (χ3v) is 3.49. The Balaban J connectivity index is 2.37. The van der Waals surface area contributed by atoms with Gasteiger partial charge in [0.1, 0.15) is 0 Å². The van der Waals surface area contributed by atoms with Gasteiger partial charge in [0.05, 0.1) is 5.70 Å². The first-order valence-electron chi connectivity index (χ1n) is 6.58. The summed E-state index contributed by atoms with van der Waals surface area (Å²) in [6, 6.07) is 7.47. The van der Waals surface area contributed by atoms with Gasteiger partial charge in [0.2, 0.25) is 0 Å². The smallest absolute Gasteiger partial charge is 0.161 e. The molecule has 2 rings (SSSR count). The molecule has 0 atom stereocenters. The number of Topliss-reactive ketones (excluding diaryl/α,β-unsaturated/α-hetero) is 1. The summed E-state index contributed by atoms with van der Waals surface area (Å²) in [5.41, 5.74) is 4.67. The van der Waals surface area contributed by atoms with Crippen LogP contribution in [0.2, 0.25) is 0 Å². The van der Waals surface area contributed by atoms with Crippen LogP contribution in [-0.4, -0.2) is 5.78 Å². The lowest BCUT2D eigenvalue weighted by Crippen LogP contribution is -2.05. The largest absolute Gasteiger partial charge is 0.354 e. The number of halogens is 1. The summed E-state index contributed by atoms with van der Waals surface area (Å²) in [5, 5.41) is 4.05. The van der Waals surface area contributed by atoms with Crippen molar-refractivity contribution in [3.63, 3.8) is 0 Å². The van der Waals surface area contributed by atoms with Crippen LogP contribution in [0.3, 0.4) is 0 Å². The SMILES string of the molecule is CC(=O)c1ccccc1NC1=C(Cl)CC(C)=CC(C)=C1. The molecule has 0 fully saturated rings. The number of hydrogen-bond acceptors (Lipinski definition) is 2. The number of rotatable bonds is 3. The van der Waals surface area contributed by atoms with Crippen molar-refractivity contribution < 1.29 is 4.79 Å². The molecule has 1 N–H and O–H groups in total. The molecular formula is C17H18ClNO. The van der Waals surface area contributed by atoms with E-state index in [0.717, 1.165) is 28.4 Å². The van der Waals surface area contributed by atoms with E-state index in [1.165, 1.54) is 5.57 Å². The van der Waals surface area contributed by atoms with E-state index in [-0.39, 0.29) is 5.78 Å². The molecule has 3 heteroatoms. The molecule has 20 heavy (non-hydrogen) atoms. The summed E-state index contributed by atoms with van der Waals surface area (Å²) in [4.78, 5) is 11.7. The van der Waals surface area contributed by atoms with Crippen LogP contribution in [0.5, 0.6) is 0 Å². The number of anilines is 1. The highest BCUT2D eigenvalue weighted by Crippen LogP contribution is 2.27. The third kappa shape index (κ3) is 3.40. The average molecular weight is 288 g/mol. The van der Waals surface area contributed by atoms with Gasteiger partial charge in [-0.3, -0.25) is 4.79 Å². The number of carbonyl (C=O) groups is 1. The minimum Gasteiger partial charge on any atom is -0.354 e. The van der Waals surface area contributed by atoms with Gasteiger partial charge in [-0.05, 0) is 44.6 Å². The van der Waals surface area contributed by atoms with E-state index in [4.69, 9.17) is 11.6 Å². The summed E-state index contributed by atoms with van der Waals surface area (Å²) >= 11 is 6.38. The van der Waals surface area contributed by atoms with Crippen molar-refractivity contribution in [2.45, 2.75) is 27.2 Å². The standard InChI is InChI=1S/C17H18ClNO/c1-11-8-12(2)10-17(15(18)9-11)19-16-7-5-4-6-14(16)13(3)20/h4-8,10,19H,9H2,1-3H3. The maximum atomic E-state index is 11.7. The number of hydrogen-bond donors (Lipinski definition) is 1. The lowest BCUT2D eigenvalue weighted by molar-refractivity contribution is 0.101. The van der Waals surface area contributed by atoms with Crippen molar-refractivity contribution in [3.8, 4) is 0 Å². The van der Waals surface area contributed by atoms with Crippen LogP contribution in [0, 0.1) is 0 Å². The average Bonchev–Trinajstić information content (AvgIpc) is 2.48. The molecular weight excluding hydrogens is 270 g/mol. The molecule has 0 bridgehead atoms. The van der Waals surface area contributed by atoms with Crippen LogP contribution in [-0.2, 0) is 0 Å². The van der Waals surface area contributed by atoms with Crippen LogP contribution in [0.25, 0.3) is 0 Å². The first kappa shape index (κ1) is 14.6. The van der Waals surface area contributed by atoms with Crippen molar-refractivity contribution in [1.29, 1.82) is 0 Å². The topological polar surface area (TPSA) is 29.1 Å². The lowest BCUT2D eigenvalue weighted by Gasteiger charge is -2.12. The molecule has 0 spiro atoms. The van der Waals surface area contributed by atoms with Crippen LogP contribution < -0.4 is 5.32 Å². The zero-order valence-electron chi connectivity index (χ0n) is 12.0. The molecule has 0 heterocycles. The van der Waals surface area contributed by atoms with Gasteiger partial charge in [-0.25, -0.2) is 0 Å².